The molecule has 1 aliphatic carbocycles. The summed E-state index contributed by atoms with van der Waals surface area (Å²) < 4.78 is 0.885. The SMILES string of the molecule is CC(C)(C)c1ccc(CSc2nnc(NC(=O)C3CC3)s2)cc1. The van der Waals surface area contributed by atoms with Crippen molar-refractivity contribution in [3.8, 4) is 0 Å². The van der Waals surface area contributed by atoms with Crippen LogP contribution in [0.5, 0.6) is 0 Å². The van der Waals surface area contributed by atoms with Gasteiger partial charge in [0.2, 0.25) is 11.0 Å². The second-order valence-corrected chi connectivity index (χ2v) is 9.07. The van der Waals surface area contributed by atoms with Crippen molar-refractivity contribution in [2.45, 2.75) is 49.1 Å². The van der Waals surface area contributed by atoms with Gasteiger partial charge >= 0.3 is 0 Å². The summed E-state index contributed by atoms with van der Waals surface area (Å²) >= 11 is 3.09. The van der Waals surface area contributed by atoms with Crippen LogP contribution in [-0.2, 0) is 16.0 Å². The number of carbonyl (C=O) groups is 1. The van der Waals surface area contributed by atoms with Crippen LogP contribution in [-0.4, -0.2) is 16.1 Å². The molecule has 1 heterocycles. The van der Waals surface area contributed by atoms with E-state index in [2.05, 4.69) is 60.6 Å². The number of carbonyl (C=O) groups excluding carboxylic acids is 1. The first-order valence-electron chi connectivity index (χ1n) is 7.78. The lowest BCUT2D eigenvalue weighted by Gasteiger charge is -2.19. The minimum absolute atomic E-state index is 0.0791. The van der Waals surface area contributed by atoms with Gasteiger partial charge in [-0.2, -0.15) is 0 Å². The Labute approximate surface area is 145 Å². The van der Waals surface area contributed by atoms with Crippen molar-refractivity contribution in [2.75, 3.05) is 5.32 Å². The third-order valence-corrected chi connectivity index (χ3v) is 5.81. The zero-order valence-electron chi connectivity index (χ0n) is 13.6. The Morgan fingerprint density at radius 3 is 2.57 bits per heavy atom. The number of nitrogens with zero attached hydrogens (tertiary/aromatic N) is 2. The van der Waals surface area contributed by atoms with Gasteiger partial charge in [0.05, 0.1) is 0 Å². The van der Waals surface area contributed by atoms with Gasteiger partial charge in [-0.05, 0) is 29.4 Å². The fraction of sp³-hybridized carbons (Fsp3) is 0.471. The van der Waals surface area contributed by atoms with Crippen molar-refractivity contribution in [1.82, 2.24) is 10.2 Å². The number of rotatable bonds is 5. The molecule has 0 bridgehead atoms. The molecule has 0 unspecified atom stereocenters. The summed E-state index contributed by atoms with van der Waals surface area (Å²) in [6, 6.07) is 8.73. The van der Waals surface area contributed by atoms with E-state index in [1.807, 2.05) is 0 Å². The van der Waals surface area contributed by atoms with E-state index in [0.717, 1.165) is 22.9 Å². The Balaban J connectivity index is 1.54. The second kappa shape index (κ2) is 6.61. The topological polar surface area (TPSA) is 54.9 Å². The molecule has 1 N–H and O–H groups in total. The van der Waals surface area contributed by atoms with Crippen LogP contribution < -0.4 is 5.32 Å². The zero-order valence-corrected chi connectivity index (χ0v) is 15.3. The Kier molecular flexibility index (Phi) is 4.73. The van der Waals surface area contributed by atoms with Crippen molar-refractivity contribution >= 4 is 34.1 Å². The highest BCUT2D eigenvalue weighted by Crippen LogP contribution is 2.32. The first kappa shape index (κ1) is 16.5. The van der Waals surface area contributed by atoms with Gasteiger partial charge in [0.25, 0.3) is 0 Å². The van der Waals surface area contributed by atoms with E-state index < -0.39 is 0 Å². The van der Waals surface area contributed by atoms with Crippen molar-refractivity contribution in [1.29, 1.82) is 0 Å². The maximum atomic E-state index is 11.7. The van der Waals surface area contributed by atoms with Gasteiger partial charge < -0.3 is 5.32 Å². The molecule has 4 nitrogen and oxygen atoms in total. The van der Waals surface area contributed by atoms with Crippen LogP contribution in [0.3, 0.4) is 0 Å². The summed E-state index contributed by atoms with van der Waals surface area (Å²) in [5.41, 5.74) is 2.79. The van der Waals surface area contributed by atoms with Gasteiger partial charge in [0, 0.05) is 11.7 Å². The third kappa shape index (κ3) is 4.54. The normalized spacial score (nSPS) is 14.7. The Morgan fingerprint density at radius 1 is 1.26 bits per heavy atom. The number of thioether (sulfide) groups is 1. The van der Waals surface area contributed by atoms with Crippen molar-refractivity contribution < 1.29 is 4.79 Å². The van der Waals surface area contributed by atoms with E-state index in [1.54, 1.807) is 11.8 Å². The molecule has 6 heteroatoms. The van der Waals surface area contributed by atoms with Gasteiger partial charge in [-0.3, -0.25) is 4.79 Å². The van der Waals surface area contributed by atoms with Crippen LogP contribution in [0.15, 0.2) is 28.6 Å². The third-order valence-electron chi connectivity index (χ3n) is 3.77. The minimum atomic E-state index is 0.0791. The Hall–Kier alpha value is -1.40. The predicted octanol–water partition coefficient (Wildman–Crippen LogP) is 4.48. The molecule has 1 aromatic carbocycles. The van der Waals surface area contributed by atoms with E-state index in [1.165, 1.54) is 22.5 Å². The standard InChI is InChI=1S/C17H21N3OS2/c1-17(2,3)13-8-4-11(5-9-13)10-22-16-20-19-15(23-16)18-14(21)12-6-7-12/h4-5,8-9,12H,6-7,10H2,1-3H3,(H,18,19,21). The van der Waals surface area contributed by atoms with E-state index in [4.69, 9.17) is 0 Å². The van der Waals surface area contributed by atoms with Gasteiger partial charge in [0.1, 0.15) is 0 Å². The molecule has 3 rings (SSSR count). The molecule has 0 aliphatic heterocycles. The number of aromatic nitrogens is 2. The average Bonchev–Trinajstić information content (AvgIpc) is 3.26. The number of nitrogens with one attached hydrogen (secondary N) is 1. The first-order valence-corrected chi connectivity index (χ1v) is 9.58. The summed E-state index contributed by atoms with van der Waals surface area (Å²) in [7, 11) is 0. The van der Waals surface area contributed by atoms with Crippen LogP contribution in [0.1, 0.15) is 44.7 Å². The lowest BCUT2D eigenvalue weighted by molar-refractivity contribution is -0.117. The van der Waals surface area contributed by atoms with E-state index in [0.29, 0.717) is 5.13 Å². The molecule has 1 amide bonds. The molecular weight excluding hydrogens is 326 g/mol. The van der Waals surface area contributed by atoms with Crippen LogP contribution in [0, 0.1) is 5.92 Å². The molecule has 0 radical (unpaired) electrons. The quantitative estimate of drug-likeness (QED) is 0.640. The first-order chi connectivity index (χ1) is 10.9. The maximum absolute atomic E-state index is 11.7. The van der Waals surface area contributed by atoms with Crippen molar-refractivity contribution in [3.63, 3.8) is 0 Å². The summed E-state index contributed by atoms with van der Waals surface area (Å²) in [5.74, 6) is 1.13. The number of amides is 1. The van der Waals surface area contributed by atoms with Crippen LogP contribution in [0.4, 0.5) is 5.13 Å². The number of hydrogen-bond donors (Lipinski definition) is 1. The lowest BCUT2D eigenvalue weighted by atomic mass is 9.87. The lowest BCUT2D eigenvalue weighted by Crippen LogP contribution is -2.12. The van der Waals surface area contributed by atoms with Crippen molar-refractivity contribution in [2.24, 2.45) is 5.92 Å². The number of benzene rings is 1. The van der Waals surface area contributed by atoms with Gasteiger partial charge in [-0.1, -0.05) is 68.1 Å². The van der Waals surface area contributed by atoms with Crippen LogP contribution >= 0.6 is 23.1 Å². The van der Waals surface area contributed by atoms with Gasteiger partial charge in [-0.25, -0.2) is 0 Å². The van der Waals surface area contributed by atoms with Crippen molar-refractivity contribution in [3.05, 3.63) is 35.4 Å². The number of hydrogen-bond acceptors (Lipinski definition) is 5. The van der Waals surface area contributed by atoms with Crippen LogP contribution in [0.2, 0.25) is 0 Å². The molecule has 1 saturated carbocycles. The second-order valence-electron chi connectivity index (χ2n) is 6.87. The summed E-state index contributed by atoms with van der Waals surface area (Å²) in [6.45, 7) is 6.65. The summed E-state index contributed by atoms with van der Waals surface area (Å²) in [5, 5.41) is 11.6. The molecule has 0 atom stereocenters. The highest BCUT2D eigenvalue weighted by molar-refractivity contribution is 8.00. The fourth-order valence-electron chi connectivity index (χ4n) is 2.12. The smallest absolute Gasteiger partial charge is 0.229 e. The van der Waals surface area contributed by atoms with E-state index in [-0.39, 0.29) is 17.2 Å². The predicted molar refractivity (Wildman–Crippen MR) is 96.0 cm³/mol. The maximum Gasteiger partial charge on any atom is 0.229 e. The van der Waals surface area contributed by atoms with Gasteiger partial charge in [0.15, 0.2) is 4.34 Å². The van der Waals surface area contributed by atoms with E-state index in [9.17, 15) is 4.79 Å². The Bertz CT molecular complexity index is 685. The molecule has 1 aromatic heterocycles. The van der Waals surface area contributed by atoms with Gasteiger partial charge in [-0.15, -0.1) is 10.2 Å². The molecule has 23 heavy (non-hydrogen) atoms. The molecule has 1 fully saturated rings. The highest BCUT2D eigenvalue weighted by atomic mass is 32.2. The fourth-order valence-corrected chi connectivity index (χ4v) is 3.83. The molecule has 0 saturated heterocycles. The molecule has 1 aliphatic rings. The number of anilines is 1. The zero-order chi connectivity index (χ0) is 16.4. The summed E-state index contributed by atoms with van der Waals surface area (Å²) in [4.78, 5) is 11.7. The Morgan fingerprint density at radius 2 is 1.96 bits per heavy atom. The molecule has 2 aromatic rings. The monoisotopic (exact) mass is 347 g/mol. The highest BCUT2D eigenvalue weighted by Gasteiger charge is 2.30. The van der Waals surface area contributed by atoms with E-state index >= 15 is 0 Å². The molecular formula is C17H21N3OS2. The minimum Gasteiger partial charge on any atom is -0.300 e. The average molecular weight is 348 g/mol. The molecule has 122 valence electrons. The largest absolute Gasteiger partial charge is 0.300 e. The summed E-state index contributed by atoms with van der Waals surface area (Å²) in [6.07, 6.45) is 1.99. The molecule has 0 spiro atoms. The van der Waals surface area contributed by atoms with Crippen LogP contribution in [0.25, 0.3) is 0 Å².